The molecule has 20 nitrogen and oxygen atoms in total. The number of hydrogen-bond acceptors (Lipinski definition) is 11. The first-order valence-corrected chi connectivity index (χ1v) is 25.9. The Balaban J connectivity index is 0.000000447. The summed E-state index contributed by atoms with van der Waals surface area (Å²) in [6, 6.07) is 1.86. The fourth-order valence-electron chi connectivity index (χ4n) is 6.88. The van der Waals surface area contributed by atoms with Crippen LogP contribution in [0.4, 0.5) is 5.82 Å². The van der Waals surface area contributed by atoms with E-state index in [9.17, 15) is 4.79 Å². The molecule has 8 aromatic rings. The highest BCUT2D eigenvalue weighted by atomic mass is 35.5. The fourth-order valence-corrected chi connectivity index (χ4v) is 7.29. The Labute approximate surface area is 474 Å². The Hall–Kier alpha value is -7.29. The largest absolute Gasteiger partial charge is 0.461 e. The molecule has 0 saturated carbocycles. The van der Waals surface area contributed by atoms with Gasteiger partial charge in [0.15, 0.2) is 22.4 Å². The molecular formula is C56H86Cl2N18O2. The molecule has 22 heteroatoms. The summed E-state index contributed by atoms with van der Waals surface area (Å²) >= 11 is 11.2. The molecule has 0 unspecified atom stereocenters. The summed E-state index contributed by atoms with van der Waals surface area (Å²) in [5, 5.41) is 9.38. The quantitative estimate of drug-likeness (QED) is 0.118. The molecule has 0 saturated heterocycles. The van der Waals surface area contributed by atoms with Gasteiger partial charge in [0.25, 0.3) is 5.82 Å². The molecule has 8 heterocycles. The summed E-state index contributed by atoms with van der Waals surface area (Å²) in [6.07, 6.45) is 0. The van der Waals surface area contributed by atoms with Crippen molar-refractivity contribution in [3.05, 3.63) is 142 Å². The molecule has 426 valence electrons. The topological polar surface area (TPSA) is 197 Å². The van der Waals surface area contributed by atoms with Crippen LogP contribution in [0.15, 0.2) is 0 Å². The second-order valence-corrected chi connectivity index (χ2v) is 19.4. The van der Waals surface area contributed by atoms with Gasteiger partial charge in [0.05, 0.1) is 42.1 Å². The Bertz CT molecular complexity index is 2840. The Morgan fingerprint density at radius 2 is 0.718 bits per heavy atom. The molecule has 0 fully saturated rings. The third-order valence-electron chi connectivity index (χ3n) is 14.0. The Morgan fingerprint density at radius 1 is 0.449 bits per heavy atom. The summed E-state index contributed by atoms with van der Waals surface area (Å²) in [4.78, 5) is 47.8. The average molecular weight is 1110 g/mol. The number of ether oxygens (including phenoxy) is 1. The lowest BCUT2D eigenvalue weighted by atomic mass is 10.3. The third-order valence-corrected chi connectivity index (χ3v) is 14.8. The number of halogens is 2. The number of imidazole rings is 8. The zero-order valence-electron chi connectivity index (χ0n) is 51.8. The summed E-state index contributed by atoms with van der Waals surface area (Å²) in [5.41, 5.74) is 13.4. The predicted octanol–water partition coefficient (Wildman–Crippen LogP) is 11.1. The van der Waals surface area contributed by atoms with Crippen molar-refractivity contribution in [1.82, 2.24) is 76.4 Å². The predicted molar refractivity (Wildman–Crippen MR) is 313 cm³/mol. The fraction of sp³-hybridized carbons (Fsp3) is 0.518. The molecular weight excluding hydrogens is 1030 g/mol. The minimum Gasteiger partial charge on any atom is -0.461 e. The maximum absolute atomic E-state index is 11.3. The number of aromatic nitrogens is 16. The van der Waals surface area contributed by atoms with Gasteiger partial charge in [-0.05, 0) is 132 Å². The lowest BCUT2D eigenvalue weighted by Crippen LogP contribution is -2.07. The smallest absolute Gasteiger partial charge is 0.358 e. The van der Waals surface area contributed by atoms with Gasteiger partial charge in [0.2, 0.25) is 0 Å². The van der Waals surface area contributed by atoms with Gasteiger partial charge in [-0.25, -0.2) is 44.7 Å². The standard InChI is InChI=1S/C9H14N2O2.C7H6N4.5C7H12N2.C5H6Cl2N2/c1-5-13-9(12)8-6(2)11(4)7(3)10-8;1-5-10-6(4-8)7(9-2)11(5)3;5*1-5-6(2)9(4)7(3)8-5;1-3-8-4(6)5(7)9(3)2/h5H2,1-4H3;1,3H3;5*1-4H3;1-2H3. The molecule has 0 amide bonds. The average Bonchev–Trinajstić information content (AvgIpc) is 4.20. The number of rotatable bonds is 2. The van der Waals surface area contributed by atoms with Gasteiger partial charge in [-0.15, -0.1) is 0 Å². The molecule has 0 aliphatic rings. The van der Waals surface area contributed by atoms with Gasteiger partial charge >= 0.3 is 5.97 Å². The molecule has 0 radical (unpaired) electrons. The minimum atomic E-state index is -0.344. The van der Waals surface area contributed by atoms with Crippen LogP contribution in [-0.2, 0) is 61.1 Å². The van der Waals surface area contributed by atoms with Crippen LogP contribution in [0.2, 0.25) is 10.3 Å². The van der Waals surface area contributed by atoms with E-state index in [-0.39, 0.29) is 11.7 Å². The van der Waals surface area contributed by atoms with E-state index >= 15 is 0 Å². The number of nitrogens with zero attached hydrogens (tertiary/aromatic N) is 18. The van der Waals surface area contributed by atoms with Crippen molar-refractivity contribution in [3.63, 3.8) is 0 Å². The van der Waals surface area contributed by atoms with E-state index in [0.717, 1.165) is 74.9 Å². The van der Waals surface area contributed by atoms with Crippen molar-refractivity contribution in [1.29, 1.82) is 5.26 Å². The monoisotopic (exact) mass is 1110 g/mol. The first-order chi connectivity index (χ1) is 36.0. The molecule has 0 bridgehead atoms. The number of carbonyl (C=O) groups excluding carboxylic acids is 1. The summed E-state index contributed by atoms with van der Waals surface area (Å²) in [7, 11) is 15.6. The van der Waals surface area contributed by atoms with Crippen molar-refractivity contribution in [2.45, 2.75) is 138 Å². The molecule has 8 rings (SSSR count). The molecule has 0 aliphatic carbocycles. The Morgan fingerprint density at radius 3 is 0.859 bits per heavy atom. The van der Waals surface area contributed by atoms with Crippen LogP contribution in [0, 0.1) is 149 Å². The van der Waals surface area contributed by atoms with Crippen LogP contribution in [0.3, 0.4) is 0 Å². The van der Waals surface area contributed by atoms with Gasteiger partial charge in [-0.3, -0.25) is 4.57 Å². The number of aryl methyl sites for hydroxylation is 13. The summed E-state index contributed by atoms with van der Waals surface area (Å²) in [5.74, 6) is 7.74. The second-order valence-electron chi connectivity index (χ2n) is 18.7. The van der Waals surface area contributed by atoms with E-state index in [1.165, 1.54) is 28.5 Å². The zero-order chi connectivity index (χ0) is 60.5. The van der Waals surface area contributed by atoms with Gasteiger partial charge in [0, 0.05) is 90.4 Å². The van der Waals surface area contributed by atoms with E-state index < -0.39 is 0 Å². The van der Waals surface area contributed by atoms with E-state index in [4.69, 9.17) is 39.8 Å². The van der Waals surface area contributed by atoms with Crippen LogP contribution in [0.1, 0.15) is 132 Å². The van der Waals surface area contributed by atoms with Crippen LogP contribution in [0.25, 0.3) is 4.85 Å². The van der Waals surface area contributed by atoms with Crippen LogP contribution in [-0.4, -0.2) is 89.0 Å². The number of nitriles is 1. The van der Waals surface area contributed by atoms with E-state index in [1.54, 1.807) is 30.0 Å². The normalized spacial score (nSPS) is 10.0. The molecule has 0 atom stereocenters. The first-order valence-electron chi connectivity index (χ1n) is 25.2. The van der Waals surface area contributed by atoms with Crippen molar-refractivity contribution >= 4 is 35.0 Å². The van der Waals surface area contributed by atoms with Gasteiger partial charge in [-0.2, -0.15) is 5.26 Å². The molecule has 0 N–H and O–H groups in total. The third kappa shape index (κ3) is 18.2. The van der Waals surface area contributed by atoms with Crippen LogP contribution >= 0.6 is 23.2 Å². The van der Waals surface area contributed by atoms with Gasteiger partial charge in [0.1, 0.15) is 52.0 Å². The highest BCUT2D eigenvalue weighted by Gasteiger charge is 2.16. The highest BCUT2D eigenvalue weighted by Crippen LogP contribution is 2.21. The first kappa shape index (κ1) is 68.7. The number of esters is 1. The molecule has 0 spiro atoms. The Kier molecular flexibility index (Phi) is 27.0. The summed E-state index contributed by atoms with van der Waals surface area (Å²) < 4.78 is 20.5. The minimum absolute atomic E-state index is 0.208. The van der Waals surface area contributed by atoms with E-state index in [0.29, 0.717) is 34.2 Å². The second kappa shape index (κ2) is 30.6. The lowest BCUT2D eigenvalue weighted by Gasteiger charge is -1.99. The van der Waals surface area contributed by atoms with Gasteiger partial charge in [-0.1, -0.05) is 29.8 Å². The molecule has 0 aliphatic heterocycles. The number of hydrogen-bond donors (Lipinski definition) is 0. The maximum Gasteiger partial charge on any atom is 0.358 e. The van der Waals surface area contributed by atoms with E-state index in [2.05, 4.69) is 102 Å². The van der Waals surface area contributed by atoms with Crippen LogP contribution in [0.5, 0.6) is 0 Å². The van der Waals surface area contributed by atoms with Crippen molar-refractivity contribution in [3.8, 4) is 6.07 Å². The highest BCUT2D eigenvalue weighted by molar-refractivity contribution is 6.40. The molecule has 78 heavy (non-hydrogen) atoms. The van der Waals surface area contributed by atoms with Crippen molar-refractivity contribution < 1.29 is 9.53 Å². The number of carbonyl (C=O) groups is 1. The molecule has 8 aromatic heterocycles. The maximum atomic E-state index is 11.3. The zero-order valence-corrected chi connectivity index (χ0v) is 53.3. The van der Waals surface area contributed by atoms with Crippen LogP contribution < -0.4 is 0 Å². The lowest BCUT2D eigenvalue weighted by molar-refractivity contribution is 0.0519. The van der Waals surface area contributed by atoms with E-state index in [1.807, 2.05) is 150 Å². The van der Waals surface area contributed by atoms with Crippen molar-refractivity contribution in [2.75, 3.05) is 6.61 Å². The SMILES string of the molecule is CCOC(=O)c1nc(C)n(C)c1C.Cc1nc(C)n(C)c1C.Cc1nc(C)n(C)c1C.Cc1nc(C)n(C)c1C.Cc1nc(C)n(C)c1C.Cc1nc(C)n(C)c1C.Cc1nc(Cl)c(Cl)n1C.[C-]#[N+]c1c(C#N)nc(C)n1C. The molecule has 0 aromatic carbocycles. The van der Waals surface area contributed by atoms with Gasteiger partial charge < -0.3 is 41.6 Å². The summed E-state index contributed by atoms with van der Waals surface area (Å²) in [6.45, 7) is 46.8. The van der Waals surface area contributed by atoms with Crippen molar-refractivity contribution in [2.24, 2.45) is 56.4 Å².